The Labute approximate surface area is 121 Å². The molecule has 0 spiro atoms. The first-order valence-corrected chi connectivity index (χ1v) is 7.48. The minimum absolute atomic E-state index is 0.129. The van der Waals surface area contributed by atoms with Gasteiger partial charge in [0, 0.05) is 30.1 Å². The van der Waals surface area contributed by atoms with Crippen molar-refractivity contribution >= 4 is 29.5 Å². The Hall–Kier alpha value is -0.760. The fourth-order valence-electron chi connectivity index (χ4n) is 1.87. The van der Waals surface area contributed by atoms with E-state index < -0.39 is 12.0 Å². The smallest absolute Gasteiger partial charge is 0.320 e. The molecular weight excluding hydrogens is 284 g/mol. The number of nitrogens with zero attached hydrogens (tertiary/aromatic N) is 1. The Balaban J connectivity index is 2.50. The van der Waals surface area contributed by atoms with Gasteiger partial charge in [0.15, 0.2) is 3.95 Å². The van der Waals surface area contributed by atoms with Crippen LogP contribution in [0.15, 0.2) is 0 Å². The van der Waals surface area contributed by atoms with Crippen LogP contribution in [0.4, 0.5) is 0 Å². The maximum atomic E-state index is 10.6. The lowest BCUT2D eigenvalue weighted by molar-refractivity contribution is -0.138. The number of carbonyl (C=O) groups is 1. The molecule has 7 heteroatoms. The average molecular weight is 304 g/mol. The average Bonchev–Trinajstić information content (AvgIpc) is 2.61. The monoisotopic (exact) mass is 304 g/mol. The third-order valence-electron chi connectivity index (χ3n) is 3.04. The van der Waals surface area contributed by atoms with Crippen LogP contribution in [0.2, 0.25) is 0 Å². The van der Waals surface area contributed by atoms with Crippen molar-refractivity contribution in [3.05, 3.63) is 14.5 Å². The Morgan fingerprint density at radius 3 is 2.79 bits per heavy atom. The van der Waals surface area contributed by atoms with E-state index >= 15 is 0 Å². The van der Waals surface area contributed by atoms with E-state index in [1.807, 2.05) is 6.92 Å². The summed E-state index contributed by atoms with van der Waals surface area (Å²) in [5.74, 6) is -0.950. The highest BCUT2D eigenvalue weighted by atomic mass is 32.1. The predicted octanol–water partition coefficient (Wildman–Crippen LogP) is 1.70. The largest absolute Gasteiger partial charge is 0.480 e. The van der Waals surface area contributed by atoms with Gasteiger partial charge in [0.2, 0.25) is 0 Å². The molecule has 5 nitrogen and oxygen atoms in total. The number of nitrogens with two attached hydrogens (primary N) is 1. The fraction of sp³-hybridized carbons (Fsp3) is 0.667. The zero-order chi connectivity index (χ0) is 14.4. The predicted molar refractivity (Wildman–Crippen MR) is 78.1 cm³/mol. The molecule has 1 aromatic rings. The summed E-state index contributed by atoms with van der Waals surface area (Å²) < 4.78 is 2.86. The van der Waals surface area contributed by atoms with Gasteiger partial charge in [-0.05, 0) is 38.4 Å². The first-order valence-electron chi connectivity index (χ1n) is 6.25. The highest BCUT2D eigenvalue weighted by molar-refractivity contribution is 7.73. The van der Waals surface area contributed by atoms with Crippen molar-refractivity contribution in [1.29, 1.82) is 0 Å². The lowest BCUT2D eigenvalue weighted by atomic mass is 10.1. The van der Waals surface area contributed by atoms with E-state index in [4.69, 9.17) is 28.2 Å². The molecule has 1 heterocycles. The van der Waals surface area contributed by atoms with Crippen molar-refractivity contribution in [2.24, 2.45) is 5.73 Å². The van der Waals surface area contributed by atoms with E-state index in [1.165, 1.54) is 11.3 Å². The van der Waals surface area contributed by atoms with Gasteiger partial charge in [0.05, 0.1) is 0 Å². The zero-order valence-corrected chi connectivity index (χ0v) is 12.6. The molecule has 0 aliphatic carbocycles. The van der Waals surface area contributed by atoms with Gasteiger partial charge in [-0.25, -0.2) is 0 Å². The summed E-state index contributed by atoms with van der Waals surface area (Å²) >= 11 is 6.83. The van der Waals surface area contributed by atoms with Crippen LogP contribution < -0.4 is 5.73 Å². The summed E-state index contributed by atoms with van der Waals surface area (Å²) in [5.41, 5.74) is 6.55. The van der Waals surface area contributed by atoms with Gasteiger partial charge in [-0.2, -0.15) is 0 Å². The van der Waals surface area contributed by atoms with Crippen molar-refractivity contribution in [3.63, 3.8) is 0 Å². The lowest BCUT2D eigenvalue weighted by Gasteiger charge is -2.08. The van der Waals surface area contributed by atoms with Gasteiger partial charge in [-0.1, -0.05) is 0 Å². The summed E-state index contributed by atoms with van der Waals surface area (Å²) in [6.07, 6.45) is 2.73. The molecule has 19 heavy (non-hydrogen) atoms. The number of hydrogen-bond donors (Lipinski definition) is 3. The van der Waals surface area contributed by atoms with E-state index in [0.717, 1.165) is 33.9 Å². The molecule has 0 saturated heterocycles. The second-order valence-electron chi connectivity index (χ2n) is 4.44. The summed E-state index contributed by atoms with van der Waals surface area (Å²) in [6.45, 7) is 2.91. The molecule has 1 atom stereocenters. The fourth-order valence-corrected chi connectivity index (χ4v) is 3.40. The van der Waals surface area contributed by atoms with Crippen LogP contribution in [0.1, 0.15) is 29.8 Å². The van der Waals surface area contributed by atoms with Crippen molar-refractivity contribution in [1.82, 2.24) is 4.57 Å². The van der Waals surface area contributed by atoms with Gasteiger partial charge >= 0.3 is 5.97 Å². The van der Waals surface area contributed by atoms with E-state index in [1.54, 1.807) is 0 Å². The van der Waals surface area contributed by atoms with Gasteiger partial charge in [-0.3, -0.25) is 4.79 Å². The number of thiazole rings is 1. The Morgan fingerprint density at radius 2 is 2.21 bits per heavy atom. The van der Waals surface area contributed by atoms with Crippen LogP contribution in [-0.4, -0.2) is 33.4 Å². The van der Waals surface area contributed by atoms with Crippen LogP contribution in [0.5, 0.6) is 0 Å². The van der Waals surface area contributed by atoms with Crippen molar-refractivity contribution in [3.8, 4) is 0 Å². The number of aromatic nitrogens is 1. The van der Waals surface area contributed by atoms with Crippen LogP contribution >= 0.6 is 23.6 Å². The summed E-state index contributed by atoms with van der Waals surface area (Å²) in [4.78, 5) is 11.7. The number of aliphatic carboxylic acids is 1. The molecule has 0 saturated carbocycles. The molecule has 1 aromatic heterocycles. The van der Waals surface area contributed by atoms with Gasteiger partial charge in [-0.15, -0.1) is 11.3 Å². The number of unbranched alkanes of at least 4 members (excludes halogenated alkanes) is 1. The third-order valence-corrected chi connectivity index (χ3v) is 4.65. The first-order chi connectivity index (χ1) is 8.97. The first kappa shape index (κ1) is 16.3. The van der Waals surface area contributed by atoms with Crippen molar-refractivity contribution < 1.29 is 15.0 Å². The molecule has 0 bridgehead atoms. The molecule has 0 aliphatic rings. The second-order valence-corrected chi connectivity index (χ2v) is 6.17. The molecule has 0 unspecified atom stereocenters. The van der Waals surface area contributed by atoms with Crippen LogP contribution in [0.3, 0.4) is 0 Å². The molecule has 4 N–H and O–H groups in total. The highest BCUT2D eigenvalue weighted by Gasteiger charge is 2.11. The lowest BCUT2D eigenvalue weighted by Crippen LogP contribution is -2.29. The second kappa shape index (κ2) is 7.74. The maximum Gasteiger partial charge on any atom is 0.320 e. The van der Waals surface area contributed by atoms with Crippen molar-refractivity contribution in [2.45, 2.75) is 45.2 Å². The minimum atomic E-state index is -0.950. The van der Waals surface area contributed by atoms with E-state index in [-0.39, 0.29) is 6.61 Å². The number of hydrogen-bond acceptors (Lipinski definition) is 5. The van der Waals surface area contributed by atoms with E-state index in [9.17, 15) is 4.79 Å². The Kier molecular flexibility index (Phi) is 6.64. The summed E-state index contributed by atoms with van der Waals surface area (Å²) in [5, 5.41) is 17.6. The molecule has 0 aliphatic heterocycles. The third kappa shape index (κ3) is 4.68. The molecule has 0 aromatic carbocycles. The zero-order valence-electron chi connectivity index (χ0n) is 11.0. The number of aliphatic hydroxyl groups excluding tert-OH is 1. The number of rotatable bonds is 8. The SMILES string of the molecule is Cc1c(CCO)sc(=S)n1CCCC[C@H](N)C(=O)O. The highest BCUT2D eigenvalue weighted by Crippen LogP contribution is 2.20. The van der Waals surface area contributed by atoms with Crippen LogP contribution in [0.25, 0.3) is 0 Å². The Bertz CT molecular complexity index is 482. The van der Waals surface area contributed by atoms with Gasteiger partial charge in [0.1, 0.15) is 6.04 Å². The van der Waals surface area contributed by atoms with Crippen LogP contribution in [-0.2, 0) is 17.8 Å². The number of aliphatic hydroxyl groups is 1. The number of carboxylic acids is 1. The normalized spacial score (nSPS) is 12.6. The summed E-state index contributed by atoms with van der Waals surface area (Å²) in [7, 11) is 0. The standard InChI is InChI=1S/C12H20N2O3S2/c1-8-10(5-7-15)19-12(18)14(8)6-3-2-4-9(13)11(16)17/h9,15H,2-7,13H2,1H3,(H,16,17)/t9-/m0/s1. The quantitative estimate of drug-likeness (QED) is 0.502. The molecule has 0 radical (unpaired) electrons. The van der Waals surface area contributed by atoms with Crippen LogP contribution in [0, 0.1) is 10.9 Å². The molecule has 0 fully saturated rings. The molecular formula is C12H20N2O3S2. The summed E-state index contributed by atoms with van der Waals surface area (Å²) in [6, 6.07) is -0.776. The molecule has 0 amide bonds. The molecule has 1 rings (SSSR count). The van der Waals surface area contributed by atoms with E-state index in [0.29, 0.717) is 12.8 Å². The molecule has 108 valence electrons. The van der Waals surface area contributed by atoms with Crippen molar-refractivity contribution in [2.75, 3.05) is 6.61 Å². The van der Waals surface area contributed by atoms with E-state index in [2.05, 4.69) is 4.57 Å². The van der Waals surface area contributed by atoms with Gasteiger partial charge < -0.3 is 20.5 Å². The number of carboxylic acid groups (broad SMARTS) is 1. The Morgan fingerprint density at radius 1 is 1.53 bits per heavy atom. The topological polar surface area (TPSA) is 88.5 Å². The maximum absolute atomic E-state index is 10.6. The minimum Gasteiger partial charge on any atom is -0.480 e. The van der Waals surface area contributed by atoms with Gasteiger partial charge in [0.25, 0.3) is 0 Å².